The minimum atomic E-state index is 0. The van der Waals surface area contributed by atoms with Crippen molar-refractivity contribution in [3.05, 3.63) is 0 Å². The molecule has 29 valence electrons. The molecule has 0 heterocycles. The minimum Gasteiger partial charge on any atom is -2.00 e. The zero-order valence-corrected chi connectivity index (χ0v) is 8.98. The molecule has 0 spiro atoms. The van der Waals surface area contributed by atoms with E-state index in [0.717, 1.165) is 0 Å². The van der Waals surface area contributed by atoms with E-state index in [1.54, 1.807) is 0 Å². The quantitative estimate of drug-likeness (QED) is 0.377. The fourth-order valence-corrected chi connectivity index (χ4v) is 0. The van der Waals surface area contributed by atoms with Crippen LogP contribution in [0.15, 0.2) is 0 Å². The van der Waals surface area contributed by atoms with Crippen molar-refractivity contribution in [1.29, 1.82) is 0 Å². The summed E-state index contributed by atoms with van der Waals surface area (Å²) in [6.07, 6.45) is 0. The van der Waals surface area contributed by atoms with E-state index in [1.165, 1.54) is 0 Å². The number of hydrogen-bond donors (Lipinski definition) is 0. The van der Waals surface area contributed by atoms with Crippen molar-refractivity contribution < 1.29 is 93.2 Å². The SMILES string of the molecule is [O-2].[O-2].[O-2].[Rb+].[V]. The van der Waals surface area contributed by atoms with Gasteiger partial charge in [-0.15, -0.1) is 0 Å². The summed E-state index contributed by atoms with van der Waals surface area (Å²) in [5.74, 6) is 0. The summed E-state index contributed by atoms with van der Waals surface area (Å²) in [5, 5.41) is 0. The van der Waals surface area contributed by atoms with E-state index in [2.05, 4.69) is 0 Å². The molecule has 0 aliphatic carbocycles. The Morgan fingerprint density at radius 2 is 0.600 bits per heavy atom. The predicted octanol–water partition coefficient (Wildman–Crippen LogP) is -3.35. The Kier molecular flexibility index (Phi) is 375. The van der Waals surface area contributed by atoms with Crippen molar-refractivity contribution >= 4 is 0 Å². The standard InChI is InChI=1S/3O.Rb.V/q3*-2;+1;. The third kappa shape index (κ3) is 22.2. The summed E-state index contributed by atoms with van der Waals surface area (Å²) in [6, 6.07) is 0. The summed E-state index contributed by atoms with van der Waals surface area (Å²) < 4.78 is 0. The van der Waals surface area contributed by atoms with Crippen LogP contribution in [0.1, 0.15) is 0 Å². The predicted molar refractivity (Wildman–Crippen MR) is 2.06 cm³/mol. The van der Waals surface area contributed by atoms with Gasteiger partial charge >= 0.3 is 58.2 Å². The van der Waals surface area contributed by atoms with Gasteiger partial charge in [0.25, 0.3) is 0 Å². The van der Waals surface area contributed by atoms with E-state index < -0.39 is 0 Å². The van der Waals surface area contributed by atoms with E-state index >= 15 is 0 Å². The van der Waals surface area contributed by atoms with Crippen LogP contribution in [0.5, 0.6) is 0 Å². The molecule has 0 bridgehead atoms. The maximum Gasteiger partial charge on any atom is 1.00 e. The fourth-order valence-electron chi connectivity index (χ4n) is 0. The van der Waals surface area contributed by atoms with Crippen molar-refractivity contribution in [2.75, 3.05) is 0 Å². The molecule has 0 saturated carbocycles. The zero-order chi connectivity index (χ0) is 0. The van der Waals surface area contributed by atoms with Crippen LogP contribution in [0, 0.1) is 0 Å². The van der Waals surface area contributed by atoms with E-state index in [9.17, 15) is 0 Å². The van der Waals surface area contributed by atoms with Crippen molar-refractivity contribution in [1.82, 2.24) is 0 Å². The molecule has 1 radical (unpaired) electrons. The molecule has 0 aromatic rings. The summed E-state index contributed by atoms with van der Waals surface area (Å²) >= 11 is 0. The molecule has 0 amide bonds. The van der Waals surface area contributed by atoms with Crippen molar-refractivity contribution in [3.8, 4) is 0 Å². The molecule has 0 aliphatic rings. The van der Waals surface area contributed by atoms with Crippen LogP contribution < -0.4 is 58.2 Å². The van der Waals surface area contributed by atoms with Gasteiger partial charge in [0.05, 0.1) is 0 Å². The first-order chi connectivity index (χ1) is 0. The molecule has 0 N–H and O–H groups in total. The maximum absolute atomic E-state index is 0. The van der Waals surface area contributed by atoms with Gasteiger partial charge in [-0.05, 0) is 0 Å². The van der Waals surface area contributed by atoms with Gasteiger partial charge in [-0.2, -0.15) is 0 Å². The Labute approximate surface area is 91.1 Å². The molecule has 0 saturated heterocycles. The molecule has 0 rings (SSSR count). The Morgan fingerprint density at radius 3 is 0.600 bits per heavy atom. The first-order valence-electron chi connectivity index (χ1n) is 0. The maximum atomic E-state index is 0. The van der Waals surface area contributed by atoms with E-state index in [-0.39, 0.29) is 93.2 Å². The van der Waals surface area contributed by atoms with Crippen LogP contribution in [0.25, 0.3) is 0 Å². The Bertz CT molecular complexity index is 6.85. The Balaban J connectivity index is 0. The van der Waals surface area contributed by atoms with Crippen LogP contribution in [-0.2, 0) is 35.0 Å². The largest absolute Gasteiger partial charge is 2.00 e. The fraction of sp³-hybridized carbons (Fsp3) is 0. The van der Waals surface area contributed by atoms with Crippen LogP contribution in [0.3, 0.4) is 0 Å². The van der Waals surface area contributed by atoms with Gasteiger partial charge in [0.15, 0.2) is 0 Å². The topological polar surface area (TPSA) is 85.5 Å². The second-order valence-electron chi connectivity index (χ2n) is 0. The van der Waals surface area contributed by atoms with Crippen molar-refractivity contribution in [3.63, 3.8) is 0 Å². The Morgan fingerprint density at radius 1 is 0.600 bits per heavy atom. The van der Waals surface area contributed by atoms with Crippen molar-refractivity contribution in [2.45, 2.75) is 0 Å². The molecule has 0 aromatic heterocycles. The van der Waals surface area contributed by atoms with Gasteiger partial charge < -0.3 is 16.4 Å². The second kappa shape index (κ2) is 33.8. The summed E-state index contributed by atoms with van der Waals surface area (Å²) in [4.78, 5) is 0. The van der Waals surface area contributed by atoms with Gasteiger partial charge in [-0.1, -0.05) is 0 Å². The molecule has 3 nitrogen and oxygen atoms in total. The molecule has 0 unspecified atom stereocenters. The molecular weight excluding hydrogens is 184 g/mol. The van der Waals surface area contributed by atoms with Crippen molar-refractivity contribution in [2.24, 2.45) is 0 Å². The third-order valence-electron chi connectivity index (χ3n) is 0. The number of rotatable bonds is 0. The van der Waals surface area contributed by atoms with Crippen LogP contribution >= 0.6 is 0 Å². The molecule has 0 fully saturated rings. The molecule has 5 heteroatoms. The first-order valence-corrected chi connectivity index (χ1v) is 0. The van der Waals surface area contributed by atoms with Gasteiger partial charge in [0.2, 0.25) is 0 Å². The average molecular weight is 184 g/mol. The van der Waals surface area contributed by atoms with E-state index in [0.29, 0.717) is 0 Å². The molecular formula is O3RbV-5. The van der Waals surface area contributed by atoms with Gasteiger partial charge in [-0.3, -0.25) is 0 Å². The molecule has 0 aromatic carbocycles. The summed E-state index contributed by atoms with van der Waals surface area (Å²) in [6.45, 7) is 0. The molecule has 0 aliphatic heterocycles. The Hall–Kier alpha value is 2.27. The minimum absolute atomic E-state index is 0. The van der Waals surface area contributed by atoms with Gasteiger partial charge in [0, 0.05) is 18.6 Å². The van der Waals surface area contributed by atoms with Crippen LogP contribution in [-0.4, -0.2) is 0 Å². The van der Waals surface area contributed by atoms with E-state index in [1.807, 2.05) is 0 Å². The molecule has 5 heavy (non-hydrogen) atoms. The zero-order valence-electron chi connectivity index (χ0n) is 2.67. The molecule has 0 atom stereocenters. The van der Waals surface area contributed by atoms with Crippen LogP contribution in [0.2, 0.25) is 0 Å². The van der Waals surface area contributed by atoms with Gasteiger partial charge in [0.1, 0.15) is 0 Å². The monoisotopic (exact) mass is 184 g/mol. The third-order valence-corrected chi connectivity index (χ3v) is 0. The second-order valence-corrected chi connectivity index (χ2v) is 0. The normalized spacial score (nSPS) is 0. The summed E-state index contributed by atoms with van der Waals surface area (Å²) in [7, 11) is 0. The first kappa shape index (κ1) is 55.5. The number of hydrogen-bond acceptors (Lipinski definition) is 0. The average Bonchev–Trinajstić information content (AvgIpc) is 0. The summed E-state index contributed by atoms with van der Waals surface area (Å²) in [5.41, 5.74) is 0. The van der Waals surface area contributed by atoms with E-state index in [4.69, 9.17) is 0 Å². The van der Waals surface area contributed by atoms with Crippen LogP contribution in [0.4, 0.5) is 0 Å². The van der Waals surface area contributed by atoms with Gasteiger partial charge in [-0.25, -0.2) is 0 Å². The smallest absolute Gasteiger partial charge is 1.00 e.